The normalized spacial score (nSPS) is 38.1. The Labute approximate surface area is 148 Å². The van der Waals surface area contributed by atoms with Crippen molar-refractivity contribution in [1.82, 2.24) is 4.90 Å². The highest BCUT2D eigenvalue weighted by Crippen LogP contribution is 2.44. The second-order valence-corrected chi connectivity index (χ2v) is 7.46. The van der Waals surface area contributed by atoms with Gasteiger partial charge < -0.3 is 33.3 Å². The minimum absolute atomic E-state index is 0.0724. The minimum Gasteiger partial charge on any atom is -0.447 e. The maximum Gasteiger partial charge on any atom is 0.409 e. The third-order valence-electron chi connectivity index (χ3n) is 4.64. The van der Waals surface area contributed by atoms with Crippen molar-refractivity contribution in [1.29, 1.82) is 0 Å². The molecule has 8 nitrogen and oxygen atoms in total. The maximum atomic E-state index is 12.1. The molecule has 3 heterocycles. The molecule has 144 valence electrons. The molecule has 3 aliphatic heterocycles. The highest BCUT2D eigenvalue weighted by atomic mass is 16.9. The zero-order chi connectivity index (χ0) is 18.4. The number of hydrogen-bond acceptors (Lipinski definition) is 7. The number of carbonyl (C=O) groups is 1. The van der Waals surface area contributed by atoms with Crippen LogP contribution in [-0.2, 0) is 28.4 Å². The smallest absolute Gasteiger partial charge is 0.409 e. The summed E-state index contributed by atoms with van der Waals surface area (Å²) in [6.45, 7) is 12.4. The number of nitrogens with zero attached hydrogens (tertiary/aromatic N) is 1. The van der Waals surface area contributed by atoms with Gasteiger partial charge in [0.15, 0.2) is 17.9 Å². The van der Waals surface area contributed by atoms with Crippen molar-refractivity contribution in [3.8, 4) is 0 Å². The van der Waals surface area contributed by atoms with Gasteiger partial charge in [-0.3, -0.25) is 0 Å². The zero-order valence-corrected chi connectivity index (χ0v) is 15.8. The third-order valence-corrected chi connectivity index (χ3v) is 4.64. The summed E-state index contributed by atoms with van der Waals surface area (Å²) < 4.78 is 35.2. The van der Waals surface area contributed by atoms with Crippen LogP contribution in [0.4, 0.5) is 4.79 Å². The Balaban J connectivity index is 1.70. The van der Waals surface area contributed by atoms with Gasteiger partial charge in [-0.05, 0) is 41.5 Å². The standard InChI is InChI=1S/C17H29NO7/c1-7-18(8-2)15(19)20-9-10-11-12(23-16(3,4)22-11)13-14(21-10)25-17(5,6)24-13/h10-14H,7-9H2,1-6H3/t10-,11+,12+,13-,14-/m1/s1. The lowest BCUT2D eigenvalue weighted by molar-refractivity contribution is -0.240. The van der Waals surface area contributed by atoms with Gasteiger partial charge >= 0.3 is 6.09 Å². The Morgan fingerprint density at radius 1 is 0.920 bits per heavy atom. The zero-order valence-electron chi connectivity index (χ0n) is 15.8. The van der Waals surface area contributed by atoms with E-state index in [1.165, 1.54) is 0 Å². The van der Waals surface area contributed by atoms with Crippen LogP contribution in [0.5, 0.6) is 0 Å². The molecule has 1 amide bonds. The van der Waals surface area contributed by atoms with Crippen LogP contribution >= 0.6 is 0 Å². The first-order valence-corrected chi connectivity index (χ1v) is 8.94. The van der Waals surface area contributed by atoms with Gasteiger partial charge in [0, 0.05) is 13.1 Å². The molecule has 0 aliphatic carbocycles. The van der Waals surface area contributed by atoms with E-state index in [-0.39, 0.29) is 24.9 Å². The quantitative estimate of drug-likeness (QED) is 0.758. The molecule has 3 rings (SSSR count). The second-order valence-electron chi connectivity index (χ2n) is 7.46. The molecule has 0 unspecified atom stereocenters. The summed E-state index contributed by atoms with van der Waals surface area (Å²) in [5, 5.41) is 0. The summed E-state index contributed by atoms with van der Waals surface area (Å²) in [5.74, 6) is -1.52. The molecule has 0 aromatic carbocycles. The van der Waals surface area contributed by atoms with Gasteiger partial charge in [-0.2, -0.15) is 0 Å². The van der Waals surface area contributed by atoms with E-state index < -0.39 is 30.1 Å². The van der Waals surface area contributed by atoms with Crippen molar-refractivity contribution in [3.05, 3.63) is 0 Å². The lowest BCUT2D eigenvalue weighted by atomic mass is 9.99. The highest BCUT2D eigenvalue weighted by Gasteiger charge is 2.60. The monoisotopic (exact) mass is 359 g/mol. The molecule has 5 atom stereocenters. The molecule has 0 radical (unpaired) electrons. The Hall–Kier alpha value is -0.930. The van der Waals surface area contributed by atoms with Crippen LogP contribution in [0, 0.1) is 0 Å². The first-order chi connectivity index (χ1) is 11.7. The lowest BCUT2D eigenvalue weighted by Gasteiger charge is -2.37. The highest BCUT2D eigenvalue weighted by molar-refractivity contribution is 5.67. The molecule has 3 saturated heterocycles. The number of carbonyl (C=O) groups excluding carboxylic acids is 1. The van der Waals surface area contributed by atoms with E-state index in [0.717, 1.165) is 0 Å². The van der Waals surface area contributed by atoms with Crippen LogP contribution in [0.2, 0.25) is 0 Å². The van der Waals surface area contributed by atoms with Crippen LogP contribution in [-0.4, -0.2) is 73.0 Å². The molecular weight excluding hydrogens is 330 g/mol. The SMILES string of the molecule is CCN(CC)C(=O)OC[C@H]1O[C@@H]2OC(C)(C)O[C@@H]2[C@H]2OC(C)(C)O[C@H]21. The van der Waals surface area contributed by atoms with Crippen LogP contribution in [0.25, 0.3) is 0 Å². The van der Waals surface area contributed by atoms with Crippen LogP contribution in [0.1, 0.15) is 41.5 Å². The van der Waals surface area contributed by atoms with E-state index in [4.69, 9.17) is 28.4 Å². The average Bonchev–Trinajstić information content (AvgIpc) is 3.00. The Kier molecular flexibility index (Phi) is 5.02. The van der Waals surface area contributed by atoms with Crippen molar-refractivity contribution in [2.75, 3.05) is 19.7 Å². The third kappa shape index (κ3) is 3.78. The predicted molar refractivity (Wildman–Crippen MR) is 86.8 cm³/mol. The summed E-state index contributed by atoms with van der Waals surface area (Å²) in [4.78, 5) is 13.7. The van der Waals surface area contributed by atoms with Crippen molar-refractivity contribution in [2.24, 2.45) is 0 Å². The number of amides is 1. The van der Waals surface area contributed by atoms with Crippen molar-refractivity contribution < 1.29 is 33.2 Å². The van der Waals surface area contributed by atoms with E-state index in [2.05, 4.69) is 0 Å². The Morgan fingerprint density at radius 2 is 1.48 bits per heavy atom. The first kappa shape index (κ1) is 18.8. The summed E-state index contributed by atoms with van der Waals surface area (Å²) >= 11 is 0. The van der Waals surface area contributed by atoms with Gasteiger partial charge in [0.05, 0.1) is 0 Å². The van der Waals surface area contributed by atoms with Crippen LogP contribution in [0.3, 0.4) is 0 Å². The van der Waals surface area contributed by atoms with E-state index in [0.29, 0.717) is 13.1 Å². The maximum absolute atomic E-state index is 12.1. The topological polar surface area (TPSA) is 75.7 Å². The second kappa shape index (κ2) is 6.66. The fourth-order valence-electron chi connectivity index (χ4n) is 3.55. The van der Waals surface area contributed by atoms with Gasteiger partial charge in [0.25, 0.3) is 0 Å². The minimum atomic E-state index is -0.761. The Bertz CT molecular complexity index is 505. The molecule has 0 aromatic rings. The van der Waals surface area contributed by atoms with Gasteiger partial charge in [-0.15, -0.1) is 0 Å². The number of fused-ring (bicyclic) bond motifs is 3. The molecule has 0 spiro atoms. The van der Waals surface area contributed by atoms with Crippen molar-refractivity contribution in [3.63, 3.8) is 0 Å². The van der Waals surface area contributed by atoms with Crippen molar-refractivity contribution in [2.45, 2.75) is 83.8 Å². The average molecular weight is 359 g/mol. The lowest BCUT2D eigenvalue weighted by Crippen LogP contribution is -2.56. The van der Waals surface area contributed by atoms with E-state index in [1.807, 2.05) is 41.5 Å². The fourth-order valence-corrected chi connectivity index (χ4v) is 3.55. The van der Waals surface area contributed by atoms with E-state index >= 15 is 0 Å². The largest absolute Gasteiger partial charge is 0.447 e. The molecule has 8 heteroatoms. The molecule has 0 bridgehead atoms. The van der Waals surface area contributed by atoms with Gasteiger partial charge in [-0.25, -0.2) is 4.79 Å². The summed E-state index contributed by atoms with van der Waals surface area (Å²) in [6, 6.07) is 0. The van der Waals surface area contributed by atoms with Gasteiger partial charge in [0.2, 0.25) is 0 Å². The summed E-state index contributed by atoms with van der Waals surface area (Å²) in [7, 11) is 0. The summed E-state index contributed by atoms with van der Waals surface area (Å²) in [5.41, 5.74) is 0. The number of rotatable bonds is 4. The van der Waals surface area contributed by atoms with Crippen LogP contribution in [0.15, 0.2) is 0 Å². The van der Waals surface area contributed by atoms with Gasteiger partial charge in [-0.1, -0.05) is 0 Å². The molecule has 0 aromatic heterocycles. The van der Waals surface area contributed by atoms with E-state index in [1.54, 1.807) is 4.90 Å². The van der Waals surface area contributed by atoms with Crippen LogP contribution < -0.4 is 0 Å². The van der Waals surface area contributed by atoms with Crippen molar-refractivity contribution >= 4 is 6.09 Å². The Morgan fingerprint density at radius 3 is 2.12 bits per heavy atom. The predicted octanol–water partition coefficient (Wildman–Crippen LogP) is 1.86. The molecule has 0 N–H and O–H groups in total. The molecule has 3 fully saturated rings. The first-order valence-electron chi connectivity index (χ1n) is 8.94. The number of ether oxygens (including phenoxy) is 6. The van der Waals surface area contributed by atoms with E-state index in [9.17, 15) is 4.79 Å². The molecule has 0 saturated carbocycles. The summed E-state index contributed by atoms with van der Waals surface area (Å²) in [6.07, 6.45) is -2.53. The fraction of sp³-hybridized carbons (Fsp3) is 0.941. The molecule has 25 heavy (non-hydrogen) atoms. The number of hydrogen-bond donors (Lipinski definition) is 0. The molecular formula is C17H29NO7. The van der Waals surface area contributed by atoms with Gasteiger partial charge in [0.1, 0.15) is 31.0 Å². The molecule has 3 aliphatic rings.